The average Bonchev–Trinajstić information content (AvgIpc) is 2.41. The molecule has 1 N–H and O–H groups in total. The molecule has 0 fully saturated rings. The van der Waals surface area contributed by atoms with Gasteiger partial charge in [0.15, 0.2) is 0 Å². The van der Waals surface area contributed by atoms with E-state index >= 15 is 0 Å². The van der Waals surface area contributed by atoms with Gasteiger partial charge in [-0.25, -0.2) is 4.79 Å². The van der Waals surface area contributed by atoms with Crippen LogP contribution in [0.4, 0.5) is 5.69 Å². The van der Waals surface area contributed by atoms with E-state index in [4.69, 9.17) is 0 Å². The molecule has 0 bridgehead atoms. The van der Waals surface area contributed by atoms with Crippen molar-refractivity contribution in [3.8, 4) is 0 Å². The van der Waals surface area contributed by atoms with E-state index in [-0.39, 0.29) is 11.2 Å². The zero-order chi connectivity index (χ0) is 14.0. The van der Waals surface area contributed by atoms with E-state index in [9.17, 15) is 9.59 Å². The minimum atomic E-state index is -0.319. The summed E-state index contributed by atoms with van der Waals surface area (Å²) in [5.74, 6) is 0. The summed E-state index contributed by atoms with van der Waals surface area (Å²) < 4.78 is 3.55. The van der Waals surface area contributed by atoms with Gasteiger partial charge < -0.3 is 5.32 Å². The topological polar surface area (TPSA) is 56.0 Å². The molecule has 1 aromatic heterocycles. The Bertz CT molecular complexity index is 701. The lowest BCUT2D eigenvalue weighted by Gasteiger charge is -2.11. The van der Waals surface area contributed by atoms with Crippen LogP contribution in [-0.4, -0.2) is 9.13 Å². The SMILES string of the molecule is Cn1c(CNc2ccc(Br)cc2)cc(=O)n(C)c1=O. The van der Waals surface area contributed by atoms with Gasteiger partial charge in [0.2, 0.25) is 0 Å². The Kier molecular flexibility index (Phi) is 3.90. The van der Waals surface area contributed by atoms with E-state index in [0.29, 0.717) is 12.2 Å². The van der Waals surface area contributed by atoms with Crippen LogP contribution in [0.15, 0.2) is 44.4 Å². The Hall–Kier alpha value is -1.82. The molecule has 0 amide bonds. The second-order valence-electron chi connectivity index (χ2n) is 4.23. The number of nitrogens with one attached hydrogen (secondary N) is 1. The van der Waals surface area contributed by atoms with Gasteiger partial charge in [0, 0.05) is 36.0 Å². The van der Waals surface area contributed by atoms with Crippen LogP contribution in [0.5, 0.6) is 0 Å². The minimum absolute atomic E-state index is 0.296. The van der Waals surface area contributed by atoms with Crippen LogP contribution < -0.4 is 16.6 Å². The van der Waals surface area contributed by atoms with Gasteiger partial charge in [0.05, 0.1) is 6.54 Å². The predicted molar refractivity (Wildman–Crippen MR) is 78.4 cm³/mol. The number of rotatable bonds is 3. The minimum Gasteiger partial charge on any atom is -0.379 e. The summed E-state index contributed by atoms with van der Waals surface area (Å²) in [6.45, 7) is 0.420. The first kappa shape index (κ1) is 13.6. The maximum absolute atomic E-state index is 11.8. The number of nitrogens with zero attached hydrogens (tertiary/aromatic N) is 2. The molecule has 0 saturated carbocycles. The molecule has 19 heavy (non-hydrogen) atoms. The van der Waals surface area contributed by atoms with Gasteiger partial charge >= 0.3 is 5.69 Å². The Morgan fingerprint density at radius 2 is 1.74 bits per heavy atom. The number of halogens is 1. The molecule has 0 unspecified atom stereocenters. The molecule has 2 aromatic rings. The van der Waals surface area contributed by atoms with E-state index in [2.05, 4.69) is 21.2 Å². The van der Waals surface area contributed by atoms with E-state index in [0.717, 1.165) is 14.7 Å². The normalized spacial score (nSPS) is 10.5. The third-order valence-electron chi connectivity index (χ3n) is 2.94. The monoisotopic (exact) mass is 323 g/mol. The van der Waals surface area contributed by atoms with Crippen LogP contribution in [-0.2, 0) is 20.6 Å². The number of benzene rings is 1. The largest absolute Gasteiger partial charge is 0.379 e. The summed E-state index contributed by atoms with van der Waals surface area (Å²) in [5.41, 5.74) is 0.961. The summed E-state index contributed by atoms with van der Waals surface area (Å²) in [6, 6.07) is 9.15. The van der Waals surface area contributed by atoms with Crippen LogP contribution in [0.3, 0.4) is 0 Å². The van der Waals surface area contributed by atoms with Crippen LogP contribution in [0.1, 0.15) is 5.69 Å². The highest BCUT2D eigenvalue weighted by Crippen LogP contribution is 2.14. The van der Waals surface area contributed by atoms with Crippen molar-refractivity contribution in [2.75, 3.05) is 5.32 Å². The van der Waals surface area contributed by atoms with Gasteiger partial charge in [-0.3, -0.25) is 13.9 Å². The lowest BCUT2D eigenvalue weighted by molar-refractivity contribution is 0.655. The van der Waals surface area contributed by atoms with Crippen molar-refractivity contribution in [1.82, 2.24) is 9.13 Å². The molecule has 0 radical (unpaired) electrons. The average molecular weight is 324 g/mol. The molecule has 0 aliphatic rings. The van der Waals surface area contributed by atoms with Crippen LogP contribution >= 0.6 is 15.9 Å². The summed E-state index contributed by atoms with van der Waals surface area (Å²) in [4.78, 5) is 23.3. The van der Waals surface area contributed by atoms with E-state index in [1.54, 1.807) is 7.05 Å². The van der Waals surface area contributed by atoms with Crippen molar-refractivity contribution in [3.63, 3.8) is 0 Å². The lowest BCUT2D eigenvalue weighted by Crippen LogP contribution is -2.38. The van der Waals surface area contributed by atoms with E-state index < -0.39 is 0 Å². The summed E-state index contributed by atoms with van der Waals surface area (Å²) in [7, 11) is 3.12. The lowest BCUT2D eigenvalue weighted by atomic mass is 10.3. The first-order chi connectivity index (χ1) is 8.99. The number of hydrogen-bond donors (Lipinski definition) is 1. The Morgan fingerprint density at radius 1 is 1.11 bits per heavy atom. The van der Waals surface area contributed by atoms with Crippen LogP contribution in [0.2, 0.25) is 0 Å². The highest BCUT2D eigenvalue weighted by atomic mass is 79.9. The molecule has 0 aliphatic heterocycles. The molecule has 100 valence electrons. The van der Waals surface area contributed by atoms with Gasteiger partial charge in [-0.1, -0.05) is 15.9 Å². The van der Waals surface area contributed by atoms with Gasteiger partial charge in [0.25, 0.3) is 5.56 Å². The zero-order valence-electron chi connectivity index (χ0n) is 10.7. The third kappa shape index (κ3) is 2.96. The molecule has 0 spiro atoms. The highest BCUT2D eigenvalue weighted by Gasteiger charge is 2.05. The maximum Gasteiger partial charge on any atom is 0.330 e. The quantitative estimate of drug-likeness (QED) is 0.930. The van der Waals surface area contributed by atoms with Gasteiger partial charge in [-0.05, 0) is 24.3 Å². The fraction of sp³-hybridized carbons (Fsp3) is 0.231. The number of aromatic nitrogens is 2. The first-order valence-electron chi connectivity index (χ1n) is 5.74. The number of anilines is 1. The fourth-order valence-electron chi connectivity index (χ4n) is 1.71. The predicted octanol–water partition coefficient (Wildman–Crippen LogP) is 1.46. The van der Waals surface area contributed by atoms with Crippen LogP contribution in [0.25, 0.3) is 0 Å². The molecule has 6 heteroatoms. The molecule has 0 saturated heterocycles. The molecule has 1 heterocycles. The van der Waals surface area contributed by atoms with Gasteiger partial charge in [0.1, 0.15) is 0 Å². The van der Waals surface area contributed by atoms with Gasteiger partial charge in [-0.15, -0.1) is 0 Å². The molecule has 2 rings (SSSR count). The van der Waals surface area contributed by atoms with Crippen LogP contribution in [0, 0.1) is 0 Å². The molecule has 5 nitrogen and oxygen atoms in total. The summed E-state index contributed by atoms with van der Waals surface area (Å²) >= 11 is 3.36. The third-order valence-corrected chi connectivity index (χ3v) is 3.47. The van der Waals surface area contributed by atoms with Crippen molar-refractivity contribution in [2.24, 2.45) is 14.1 Å². The van der Waals surface area contributed by atoms with Crippen molar-refractivity contribution >= 4 is 21.6 Å². The molecule has 0 atom stereocenters. The van der Waals surface area contributed by atoms with Gasteiger partial charge in [-0.2, -0.15) is 0 Å². The fourth-order valence-corrected chi connectivity index (χ4v) is 1.97. The molecule has 1 aromatic carbocycles. The van der Waals surface area contributed by atoms with E-state index in [1.807, 2.05) is 24.3 Å². The standard InChI is InChI=1S/C13H14BrN3O2/c1-16-11(7-12(18)17(2)13(16)19)8-15-10-5-3-9(14)4-6-10/h3-7,15H,8H2,1-2H3. The smallest absolute Gasteiger partial charge is 0.330 e. The van der Waals surface area contributed by atoms with E-state index in [1.165, 1.54) is 17.7 Å². The zero-order valence-corrected chi connectivity index (χ0v) is 12.3. The molecular formula is C13H14BrN3O2. The maximum atomic E-state index is 11.8. The van der Waals surface area contributed by atoms with Crippen molar-refractivity contribution in [1.29, 1.82) is 0 Å². The Labute approximate surface area is 118 Å². The molecular weight excluding hydrogens is 310 g/mol. The second kappa shape index (κ2) is 5.44. The Balaban J connectivity index is 2.23. The Morgan fingerprint density at radius 3 is 2.37 bits per heavy atom. The summed E-state index contributed by atoms with van der Waals surface area (Å²) in [6.07, 6.45) is 0. The van der Waals surface area contributed by atoms with Crippen molar-refractivity contribution in [3.05, 3.63) is 61.3 Å². The first-order valence-corrected chi connectivity index (χ1v) is 6.53. The molecule has 0 aliphatic carbocycles. The summed E-state index contributed by atoms with van der Waals surface area (Å²) in [5, 5.41) is 3.17. The van der Waals surface area contributed by atoms with Crippen molar-refractivity contribution in [2.45, 2.75) is 6.54 Å². The number of hydrogen-bond acceptors (Lipinski definition) is 3. The van der Waals surface area contributed by atoms with Crippen molar-refractivity contribution < 1.29 is 0 Å². The highest BCUT2D eigenvalue weighted by molar-refractivity contribution is 9.10. The second-order valence-corrected chi connectivity index (χ2v) is 5.15.